The Labute approximate surface area is 141 Å². The van der Waals surface area contributed by atoms with E-state index in [0.717, 1.165) is 12.0 Å². The Hall–Kier alpha value is -2.41. The molecule has 0 spiro atoms. The summed E-state index contributed by atoms with van der Waals surface area (Å²) in [5.74, 6) is -0.411. The number of imide groups is 1. The SMILES string of the molecule is COCCCNC(=O)CCC1NC(=O)N(Cc2ccccc2)C1=O. The maximum absolute atomic E-state index is 12.3. The van der Waals surface area contributed by atoms with E-state index in [2.05, 4.69) is 10.6 Å². The van der Waals surface area contributed by atoms with Crippen molar-refractivity contribution in [2.75, 3.05) is 20.3 Å². The van der Waals surface area contributed by atoms with Crippen LogP contribution in [0.4, 0.5) is 4.79 Å². The Morgan fingerprint density at radius 3 is 2.75 bits per heavy atom. The molecule has 130 valence electrons. The Kier molecular flexibility index (Phi) is 6.74. The zero-order valence-corrected chi connectivity index (χ0v) is 13.8. The zero-order chi connectivity index (χ0) is 17.4. The molecule has 24 heavy (non-hydrogen) atoms. The van der Waals surface area contributed by atoms with Gasteiger partial charge in [0.2, 0.25) is 5.91 Å². The van der Waals surface area contributed by atoms with Crippen LogP contribution in [0, 0.1) is 0 Å². The molecule has 1 saturated heterocycles. The highest BCUT2D eigenvalue weighted by Crippen LogP contribution is 2.14. The largest absolute Gasteiger partial charge is 0.385 e. The van der Waals surface area contributed by atoms with Crippen LogP contribution < -0.4 is 10.6 Å². The summed E-state index contributed by atoms with van der Waals surface area (Å²) < 4.78 is 4.90. The number of rotatable bonds is 9. The summed E-state index contributed by atoms with van der Waals surface area (Å²) >= 11 is 0. The summed E-state index contributed by atoms with van der Waals surface area (Å²) in [6.45, 7) is 1.37. The van der Waals surface area contributed by atoms with Gasteiger partial charge in [0.25, 0.3) is 5.91 Å². The van der Waals surface area contributed by atoms with E-state index in [1.165, 1.54) is 4.90 Å². The number of hydrogen-bond acceptors (Lipinski definition) is 4. The summed E-state index contributed by atoms with van der Waals surface area (Å²) in [7, 11) is 1.61. The van der Waals surface area contributed by atoms with Gasteiger partial charge >= 0.3 is 6.03 Å². The average Bonchev–Trinajstić information content (AvgIpc) is 2.85. The fourth-order valence-electron chi connectivity index (χ4n) is 2.50. The molecule has 1 aliphatic heterocycles. The van der Waals surface area contributed by atoms with Crippen LogP contribution in [-0.2, 0) is 20.9 Å². The van der Waals surface area contributed by atoms with Crippen molar-refractivity contribution in [1.82, 2.24) is 15.5 Å². The van der Waals surface area contributed by atoms with E-state index in [4.69, 9.17) is 4.74 Å². The standard InChI is InChI=1S/C17H23N3O4/c1-24-11-5-10-18-15(21)9-8-14-16(22)20(17(23)19-14)12-13-6-3-2-4-7-13/h2-4,6-7,14H,5,8-12H2,1H3,(H,18,21)(H,19,23). The topological polar surface area (TPSA) is 87.7 Å². The summed E-state index contributed by atoms with van der Waals surface area (Å²) in [5.41, 5.74) is 0.887. The van der Waals surface area contributed by atoms with Crippen LogP contribution in [-0.4, -0.2) is 49.0 Å². The molecule has 1 unspecified atom stereocenters. The van der Waals surface area contributed by atoms with Gasteiger partial charge in [-0.1, -0.05) is 30.3 Å². The second-order valence-corrected chi connectivity index (χ2v) is 5.65. The van der Waals surface area contributed by atoms with Crippen LogP contribution >= 0.6 is 0 Å². The molecule has 0 radical (unpaired) electrons. The summed E-state index contributed by atoms with van der Waals surface area (Å²) in [6.07, 6.45) is 1.24. The lowest BCUT2D eigenvalue weighted by Crippen LogP contribution is -2.32. The second kappa shape index (κ2) is 9.02. The number of methoxy groups -OCH3 is 1. The molecule has 7 heteroatoms. The van der Waals surface area contributed by atoms with Crippen molar-refractivity contribution in [3.05, 3.63) is 35.9 Å². The molecule has 2 rings (SSSR count). The van der Waals surface area contributed by atoms with Crippen LogP contribution in [0.2, 0.25) is 0 Å². The fourth-order valence-corrected chi connectivity index (χ4v) is 2.50. The number of benzene rings is 1. The molecular weight excluding hydrogens is 310 g/mol. The number of ether oxygens (including phenoxy) is 1. The van der Waals surface area contributed by atoms with Gasteiger partial charge in [-0.2, -0.15) is 0 Å². The molecule has 7 nitrogen and oxygen atoms in total. The fraction of sp³-hybridized carbons (Fsp3) is 0.471. The van der Waals surface area contributed by atoms with E-state index in [1.807, 2.05) is 30.3 Å². The molecule has 1 aliphatic rings. The molecule has 1 atom stereocenters. The van der Waals surface area contributed by atoms with Crippen molar-refractivity contribution in [3.63, 3.8) is 0 Å². The molecule has 0 aliphatic carbocycles. The Morgan fingerprint density at radius 2 is 2.04 bits per heavy atom. The predicted molar refractivity (Wildman–Crippen MR) is 88.0 cm³/mol. The molecule has 1 fully saturated rings. The second-order valence-electron chi connectivity index (χ2n) is 5.65. The maximum Gasteiger partial charge on any atom is 0.325 e. The number of hydrogen-bond donors (Lipinski definition) is 2. The summed E-state index contributed by atoms with van der Waals surface area (Å²) in [4.78, 5) is 37.2. The van der Waals surface area contributed by atoms with Crippen molar-refractivity contribution < 1.29 is 19.1 Å². The lowest BCUT2D eigenvalue weighted by atomic mass is 10.1. The lowest BCUT2D eigenvalue weighted by Gasteiger charge is -2.13. The van der Waals surface area contributed by atoms with Gasteiger partial charge in [-0.15, -0.1) is 0 Å². The van der Waals surface area contributed by atoms with Crippen LogP contribution in [0.15, 0.2) is 30.3 Å². The van der Waals surface area contributed by atoms with E-state index in [1.54, 1.807) is 7.11 Å². The van der Waals surface area contributed by atoms with Gasteiger partial charge in [0, 0.05) is 26.7 Å². The molecule has 1 aromatic rings. The Morgan fingerprint density at radius 1 is 1.29 bits per heavy atom. The van der Waals surface area contributed by atoms with Gasteiger partial charge in [-0.25, -0.2) is 4.79 Å². The van der Waals surface area contributed by atoms with Gasteiger partial charge in [-0.3, -0.25) is 14.5 Å². The number of carbonyl (C=O) groups excluding carboxylic acids is 3. The first-order valence-corrected chi connectivity index (χ1v) is 8.03. The molecule has 0 bridgehead atoms. The molecule has 0 saturated carbocycles. The maximum atomic E-state index is 12.3. The average molecular weight is 333 g/mol. The summed E-state index contributed by atoms with van der Waals surface area (Å²) in [6, 6.07) is 8.28. The smallest absolute Gasteiger partial charge is 0.325 e. The van der Waals surface area contributed by atoms with Crippen LogP contribution in [0.1, 0.15) is 24.8 Å². The van der Waals surface area contributed by atoms with Crippen LogP contribution in [0.25, 0.3) is 0 Å². The summed E-state index contributed by atoms with van der Waals surface area (Å²) in [5, 5.41) is 5.41. The molecule has 4 amide bonds. The van der Waals surface area contributed by atoms with E-state index in [0.29, 0.717) is 19.6 Å². The first-order valence-electron chi connectivity index (χ1n) is 8.03. The number of urea groups is 1. The van der Waals surface area contributed by atoms with Gasteiger partial charge in [0.05, 0.1) is 6.54 Å². The van der Waals surface area contributed by atoms with Gasteiger partial charge in [-0.05, 0) is 18.4 Å². The number of nitrogens with zero attached hydrogens (tertiary/aromatic N) is 1. The minimum Gasteiger partial charge on any atom is -0.385 e. The minimum atomic E-state index is -0.633. The normalized spacial score (nSPS) is 17.0. The van der Waals surface area contributed by atoms with Crippen molar-refractivity contribution in [2.24, 2.45) is 0 Å². The zero-order valence-electron chi connectivity index (χ0n) is 13.8. The highest BCUT2D eigenvalue weighted by Gasteiger charge is 2.37. The number of carbonyl (C=O) groups is 3. The van der Waals surface area contributed by atoms with Crippen molar-refractivity contribution in [3.8, 4) is 0 Å². The minimum absolute atomic E-state index is 0.130. The monoisotopic (exact) mass is 333 g/mol. The van der Waals surface area contributed by atoms with E-state index < -0.39 is 12.1 Å². The van der Waals surface area contributed by atoms with E-state index in [-0.39, 0.29) is 24.8 Å². The van der Waals surface area contributed by atoms with Crippen LogP contribution in [0.3, 0.4) is 0 Å². The van der Waals surface area contributed by atoms with Crippen molar-refractivity contribution in [2.45, 2.75) is 31.8 Å². The highest BCUT2D eigenvalue weighted by molar-refractivity contribution is 6.04. The van der Waals surface area contributed by atoms with Crippen molar-refractivity contribution in [1.29, 1.82) is 0 Å². The van der Waals surface area contributed by atoms with Gasteiger partial charge < -0.3 is 15.4 Å². The van der Waals surface area contributed by atoms with E-state index in [9.17, 15) is 14.4 Å². The Balaban J connectivity index is 1.78. The molecule has 1 heterocycles. The number of amides is 4. The third-order valence-electron chi connectivity index (χ3n) is 3.80. The molecule has 2 N–H and O–H groups in total. The highest BCUT2D eigenvalue weighted by atomic mass is 16.5. The van der Waals surface area contributed by atoms with Gasteiger partial charge in [0.15, 0.2) is 0 Å². The first-order chi connectivity index (χ1) is 11.6. The third kappa shape index (κ3) is 5.06. The first kappa shape index (κ1) is 17.9. The molecular formula is C17H23N3O4. The predicted octanol–water partition coefficient (Wildman–Crippen LogP) is 1.04. The molecule has 0 aromatic heterocycles. The lowest BCUT2D eigenvalue weighted by molar-refractivity contribution is -0.128. The van der Waals surface area contributed by atoms with Crippen LogP contribution in [0.5, 0.6) is 0 Å². The number of nitrogens with one attached hydrogen (secondary N) is 2. The van der Waals surface area contributed by atoms with E-state index >= 15 is 0 Å². The van der Waals surface area contributed by atoms with Crippen molar-refractivity contribution >= 4 is 17.8 Å². The quantitative estimate of drug-likeness (QED) is 0.522. The molecule has 1 aromatic carbocycles. The third-order valence-corrected chi connectivity index (χ3v) is 3.80. The van der Waals surface area contributed by atoms with Gasteiger partial charge in [0.1, 0.15) is 6.04 Å². The Bertz CT molecular complexity index is 576.